The molecule has 1 aliphatic rings. The molecule has 0 aliphatic carbocycles. The second-order valence-electron chi connectivity index (χ2n) is 6.31. The van der Waals surface area contributed by atoms with E-state index in [9.17, 15) is 4.79 Å². The Morgan fingerprint density at radius 2 is 1.82 bits per heavy atom. The van der Waals surface area contributed by atoms with Gasteiger partial charge in [-0.2, -0.15) is 0 Å². The molecule has 1 saturated heterocycles. The van der Waals surface area contributed by atoms with Crippen LogP contribution in [-0.4, -0.2) is 49.6 Å². The summed E-state index contributed by atoms with van der Waals surface area (Å²) >= 11 is 6.25. The lowest BCUT2D eigenvalue weighted by Gasteiger charge is -2.36. The molecule has 2 rings (SSSR count). The maximum absolute atomic E-state index is 12.0. The zero-order chi connectivity index (χ0) is 16.1. The first-order chi connectivity index (χ1) is 10.5. The molecule has 1 aromatic rings. The highest BCUT2D eigenvalue weighted by Gasteiger charge is 2.21. The summed E-state index contributed by atoms with van der Waals surface area (Å²) in [6.07, 6.45) is 0. The zero-order valence-corrected chi connectivity index (χ0v) is 14.4. The van der Waals surface area contributed by atoms with Crippen LogP contribution in [0.1, 0.15) is 20.8 Å². The highest BCUT2D eigenvalue weighted by Crippen LogP contribution is 2.25. The molecule has 0 spiro atoms. The van der Waals surface area contributed by atoms with E-state index in [2.05, 4.69) is 42.0 Å². The molecule has 5 heteroatoms. The Hall–Kier alpha value is -1.26. The number of amides is 1. The van der Waals surface area contributed by atoms with Gasteiger partial charge in [-0.3, -0.25) is 9.69 Å². The smallest absolute Gasteiger partial charge is 0.234 e. The third kappa shape index (κ3) is 4.62. The fourth-order valence-electron chi connectivity index (χ4n) is 2.52. The summed E-state index contributed by atoms with van der Waals surface area (Å²) in [5.41, 5.74) is 1.08. The number of hydrogen-bond donors (Lipinski definition) is 1. The number of carbonyl (C=O) groups is 1. The standard InChI is InChI=1S/C17H26ClN3O/c1-13(2)14(3)19-17(22)12-20-8-10-21(11-9-20)16-7-5-4-6-15(16)18/h4-7,13-14H,8-12H2,1-3H3,(H,19,22)/t14-/m0/s1. The van der Waals surface area contributed by atoms with Gasteiger partial charge in [-0.1, -0.05) is 37.6 Å². The van der Waals surface area contributed by atoms with Gasteiger partial charge in [-0.15, -0.1) is 0 Å². The second-order valence-corrected chi connectivity index (χ2v) is 6.72. The summed E-state index contributed by atoms with van der Waals surface area (Å²) in [7, 11) is 0. The van der Waals surface area contributed by atoms with Gasteiger partial charge >= 0.3 is 0 Å². The Morgan fingerprint density at radius 1 is 1.18 bits per heavy atom. The Kier molecular flexibility index (Phi) is 6.09. The normalized spacial score (nSPS) is 17.6. The first-order valence-corrected chi connectivity index (χ1v) is 8.36. The van der Waals surface area contributed by atoms with Gasteiger partial charge < -0.3 is 10.2 Å². The fraction of sp³-hybridized carbons (Fsp3) is 0.588. The molecule has 0 radical (unpaired) electrons. The molecule has 0 bridgehead atoms. The quantitative estimate of drug-likeness (QED) is 0.905. The first-order valence-electron chi connectivity index (χ1n) is 7.98. The largest absolute Gasteiger partial charge is 0.368 e. The lowest BCUT2D eigenvalue weighted by molar-refractivity contribution is -0.123. The molecule has 1 N–H and O–H groups in total. The Morgan fingerprint density at radius 3 is 2.41 bits per heavy atom. The number of para-hydroxylation sites is 1. The van der Waals surface area contributed by atoms with E-state index in [1.807, 2.05) is 18.2 Å². The number of piperazine rings is 1. The van der Waals surface area contributed by atoms with Gasteiger partial charge in [0.1, 0.15) is 0 Å². The SMILES string of the molecule is CC(C)[C@H](C)NC(=O)CN1CCN(c2ccccc2Cl)CC1. The summed E-state index contributed by atoms with van der Waals surface area (Å²) in [5, 5.41) is 3.85. The number of carbonyl (C=O) groups excluding carboxylic acids is 1. The maximum Gasteiger partial charge on any atom is 0.234 e. The molecule has 1 aliphatic heterocycles. The molecular formula is C17H26ClN3O. The van der Waals surface area contributed by atoms with Gasteiger partial charge in [0.05, 0.1) is 17.3 Å². The van der Waals surface area contributed by atoms with Crippen LogP contribution in [0.4, 0.5) is 5.69 Å². The molecule has 0 unspecified atom stereocenters. The van der Waals surface area contributed by atoms with Gasteiger partial charge in [-0.05, 0) is 25.0 Å². The van der Waals surface area contributed by atoms with Crippen molar-refractivity contribution in [3.8, 4) is 0 Å². The lowest BCUT2D eigenvalue weighted by Crippen LogP contribution is -2.50. The second kappa shape index (κ2) is 7.84. The Bertz CT molecular complexity index is 498. The maximum atomic E-state index is 12.0. The zero-order valence-electron chi connectivity index (χ0n) is 13.7. The van der Waals surface area contributed by atoms with Crippen LogP contribution in [0.2, 0.25) is 5.02 Å². The van der Waals surface area contributed by atoms with Crippen LogP contribution in [0, 0.1) is 5.92 Å². The van der Waals surface area contributed by atoms with Crippen molar-refractivity contribution in [2.75, 3.05) is 37.6 Å². The van der Waals surface area contributed by atoms with Crippen LogP contribution in [0.5, 0.6) is 0 Å². The van der Waals surface area contributed by atoms with E-state index < -0.39 is 0 Å². The summed E-state index contributed by atoms with van der Waals surface area (Å²) < 4.78 is 0. The number of benzene rings is 1. The summed E-state index contributed by atoms with van der Waals surface area (Å²) in [6, 6.07) is 8.15. The topological polar surface area (TPSA) is 35.6 Å². The van der Waals surface area contributed by atoms with Gasteiger partial charge in [0, 0.05) is 32.2 Å². The van der Waals surface area contributed by atoms with E-state index in [0.29, 0.717) is 12.5 Å². The van der Waals surface area contributed by atoms with E-state index in [1.165, 1.54) is 0 Å². The number of rotatable bonds is 5. The predicted octanol–water partition coefficient (Wildman–Crippen LogP) is 2.62. The van der Waals surface area contributed by atoms with Crippen molar-refractivity contribution in [3.63, 3.8) is 0 Å². The van der Waals surface area contributed by atoms with Crippen LogP contribution < -0.4 is 10.2 Å². The monoisotopic (exact) mass is 323 g/mol. The molecular weight excluding hydrogens is 298 g/mol. The third-order valence-electron chi connectivity index (χ3n) is 4.32. The van der Waals surface area contributed by atoms with Crippen molar-refractivity contribution >= 4 is 23.2 Å². The molecule has 0 saturated carbocycles. The average molecular weight is 324 g/mol. The highest BCUT2D eigenvalue weighted by molar-refractivity contribution is 6.33. The van der Waals surface area contributed by atoms with Crippen molar-refractivity contribution in [3.05, 3.63) is 29.3 Å². The van der Waals surface area contributed by atoms with Gasteiger partial charge in [0.15, 0.2) is 0 Å². The van der Waals surface area contributed by atoms with Crippen molar-refractivity contribution in [1.29, 1.82) is 0 Å². The Balaban J connectivity index is 1.80. The van der Waals surface area contributed by atoms with E-state index in [1.54, 1.807) is 0 Å². The van der Waals surface area contributed by atoms with Gasteiger partial charge in [-0.25, -0.2) is 0 Å². The molecule has 1 fully saturated rings. The summed E-state index contributed by atoms with van der Waals surface area (Å²) in [6.45, 7) is 10.3. The number of nitrogens with zero attached hydrogens (tertiary/aromatic N) is 2. The van der Waals surface area contributed by atoms with Crippen LogP contribution >= 0.6 is 11.6 Å². The minimum absolute atomic E-state index is 0.118. The molecule has 1 amide bonds. The summed E-state index contributed by atoms with van der Waals surface area (Å²) in [4.78, 5) is 16.5. The van der Waals surface area contributed by atoms with Crippen LogP contribution in [0.15, 0.2) is 24.3 Å². The molecule has 1 atom stereocenters. The minimum Gasteiger partial charge on any atom is -0.368 e. The highest BCUT2D eigenvalue weighted by atomic mass is 35.5. The van der Waals surface area contributed by atoms with Crippen LogP contribution in [-0.2, 0) is 4.79 Å². The molecule has 0 aromatic heterocycles. The van der Waals surface area contributed by atoms with Crippen molar-refractivity contribution in [1.82, 2.24) is 10.2 Å². The Labute approximate surface area is 138 Å². The van der Waals surface area contributed by atoms with Crippen molar-refractivity contribution < 1.29 is 4.79 Å². The van der Waals surface area contributed by atoms with Gasteiger partial charge in [0.25, 0.3) is 0 Å². The molecule has 22 heavy (non-hydrogen) atoms. The first kappa shape index (κ1) is 17.1. The fourth-order valence-corrected chi connectivity index (χ4v) is 2.78. The van der Waals surface area contributed by atoms with Crippen molar-refractivity contribution in [2.45, 2.75) is 26.8 Å². The molecule has 1 heterocycles. The lowest BCUT2D eigenvalue weighted by atomic mass is 10.1. The average Bonchev–Trinajstić information content (AvgIpc) is 2.48. The van der Waals surface area contributed by atoms with E-state index in [4.69, 9.17) is 11.6 Å². The van der Waals surface area contributed by atoms with E-state index in [0.717, 1.165) is 36.9 Å². The number of nitrogens with one attached hydrogen (secondary N) is 1. The number of anilines is 1. The van der Waals surface area contributed by atoms with Crippen LogP contribution in [0.25, 0.3) is 0 Å². The van der Waals surface area contributed by atoms with Gasteiger partial charge in [0.2, 0.25) is 5.91 Å². The number of hydrogen-bond acceptors (Lipinski definition) is 3. The van der Waals surface area contributed by atoms with E-state index in [-0.39, 0.29) is 11.9 Å². The van der Waals surface area contributed by atoms with Crippen molar-refractivity contribution in [2.24, 2.45) is 5.92 Å². The number of halogens is 1. The minimum atomic E-state index is 0.118. The van der Waals surface area contributed by atoms with Crippen LogP contribution in [0.3, 0.4) is 0 Å². The predicted molar refractivity (Wildman–Crippen MR) is 92.5 cm³/mol. The third-order valence-corrected chi connectivity index (χ3v) is 4.64. The molecule has 4 nitrogen and oxygen atoms in total. The van der Waals surface area contributed by atoms with E-state index >= 15 is 0 Å². The molecule has 122 valence electrons. The summed E-state index contributed by atoms with van der Waals surface area (Å²) in [5.74, 6) is 0.577. The molecule has 1 aromatic carbocycles.